The minimum absolute atomic E-state index is 0.247. The highest BCUT2D eigenvalue weighted by molar-refractivity contribution is 6.31. The molecule has 2 N–H and O–H groups in total. The summed E-state index contributed by atoms with van der Waals surface area (Å²) in [4.78, 5) is 15.4. The van der Waals surface area contributed by atoms with Gasteiger partial charge in [-0.05, 0) is 55.9 Å². The maximum atomic E-state index is 11.9. The lowest BCUT2D eigenvalue weighted by molar-refractivity contribution is -0.123. The van der Waals surface area contributed by atoms with E-state index in [-0.39, 0.29) is 17.9 Å². The molecule has 0 radical (unpaired) electrons. The van der Waals surface area contributed by atoms with Gasteiger partial charge < -0.3 is 10.3 Å². The van der Waals surface area contributed by atoms with Gasteiger partial charge in [-0.2, -0.15) is 0 Å². The molecule has 1 aromatic carbocycles. The fourth-order valence-electron chi connectivity index (χ4n) is 3.18. The number of amides is 1. The van der Waals surface area contributed by atoms with Crippen LogP contribution < -0.4 is 5.32 Å². The number of carbonyl (C=O) groups excluding carboxylic acids is 1. The number of H-pyrrole nitrogens is 1. The van der Waals surface area contributed by atoms with Gasteiger partial charge in [-0.1, -0.05) is 11.6 Å². The molecule has 2 aliphatic rings. The first-order valence-corrected chi connectivity index (χ1v) is 7.68. The van der Waals surface area contributed by atoms with Gasteiger partial charge >= 0.3 is 0 Å². The first-order valence-electron chi connectivity index (χ1n) is 7.30. The molecule has 0 bridgehead atoms. The molecule has 3 nitrogen and oxygen atoms in total. The van der Waals surface area contributed by atoms with Crippen LogP contribution in [0.5, 0.6) is 0 Å². The standard InChI is InChI=1S/C16H17ClN2O/c17-10-3-5-14-12(7-10)13-8-11(4-6-15(13)19-14)18-16(20)9-1-2-9/h3,5,7,9,11,19H,1-2,4,6,8H2,(H,18,20). The lowest BCUT2D eigenvalue weighted by atomic mass is 9.91. The number of nitrogens with one attached hydrogen (secondary N) is 2. The van der Waals surface area contributed by atoms with Gasteiger partial charge in [0.05, 0.1) is 0 Å². The molecular weight excluding hydrogens is 272 g/mol. The predicted molar refractivity (Wildman–Crippen MR) is 80.0 cm³/mol. The first-order chi connectivity index (χ1) is 9.70. The van der Waals surface area contributed by atoms with Gasteiger partial charge in [0.15, 0.2) is 0 Å². The van der Waals surface area contributed by atoms with Gasteiger partial charge in [0.1, 0.15) is 0 Å². The maximum absolute atomic E-state index is 11.9. The Balaban J connectivity index is 1.62. The Morgan fingerprint density at radius 3 is 2.95 bits per heavy atom. The monoisotopic (exact) mass is 288 g/mol. The predicted octanol–water partition coefficient (Wildman–Crippen LogP) is 3.20. The Morgan fingerprint density at radius 1 is 1.30 bits per heavy atom. The second-order valence-electron chi connectivity index (χ2n) is 5.99. The largest absolute Gasteiger partial charge is 0.358 e. The molecule has 2 aromatic rings. The van der Waals surface area contributed by atoms with Gasteiger partial charge in [-0.15, -0.1) is 0 Å². The van der Waals surface area contributed by atoms with Crippen molar-refractivity contribution in [1.29, 1.82) is 0 Å². The van der Waals surface area contributed by atoms with Crippen molar-refractivity contribution in [3.63, 3.8) is 0 Å². The Labute approximate surface area is 122 Å². The highest BCUT2D eigenvalue weighted by atomic mass is 35.5. The second kappa shape index (κ2) is 4.52. The van der Waals surface area contributed by atoms with Crippen LogP contribution >= 0.6 is 11.6 Å². The number of fused-ring (bicyclic) bond motifs is 3. The van der Waals surface area contributed by atoms with E-state index >= 15 is 0 Å². The summed E-state index contributed by atoms with van der Waals surface area (Å²) >= 11 is 6.10. The number of benzene rings is 1. The first kappa shape index (κ1) is 12.3. The lowest BCUT2D eigenvalue weighted by Crippen LogP contribution is -2.39. The van der Waals surface area contributed by atoms with Crippen LogP contribution in [0, 0.1) is 5.92 Å². The fourth-order valence-corrected chi connectivity index (χ4v) is 3.35. The van der Waals surface area contributed by atoms with Crippen molar-refractivity contribution in [3.05, 3.63) is 34.5 Å². The van der Waals surface area contributed by atoms with Crippen LogP contribution in [0.25, 0.3) is 10.9 Å². The van der Waals surface area contributed by atoms with E-state index in [1.807, 2.05) is 18.2 Å². The lowest BCUT2D eigenvalue weighted by Gasteiger charge is -2.23. The normalized spacial score (nSPS) is 21.8. The summed E-state index contributed by atoms with van der Waals surface area (Å²) in [5, 5.41) is 5.18. The summed E-state index contributed by atoms with van der Waals surface area (Å²) in [7, 11) is 0. The second-order valence-corrected chi connectivity index (χ2v) is 6.43. The summed E-state index contributed by atoms with van der Waals surface area (Å²) < 4.78 is 0. The quantitative estimate of drug-likeness (QED) is 0.876. The zero-order valence-electron chi connectivity index (χ0n) is 11.2. The third-order valence-electron chi connectivity index (χ3n) is 4.44. The van der Waals surface area contributed by atoms with E-state index in [1.54, 1.807) is 0 Å². The van der Waals surface area contributed by atoms with E-state index in [4.69, 9.17) is 11.6 Å². The molecule has 1 unspecified atom stereocenters. The molecule has 2 aliphatic carbocycles. The van der Waals surface area contributed by atoms with E-state index in [1.165, 1.54) is 16.6 Å². The molecule has 1 heterocycles. The molecule has 0 aliphatic heterocycles. The van der Waals surface area contributed by atoms with Crippen LogP contribution in [-0.4, -0.2) is 16.9 Å². The minimum atomic E-state index is 0.247. The Morgan fingerprint density at radius 2 is 2.15 bits per heavy atom. The maximum Gasteiger partial charge on any atom is 0.223 e. The van der Waals surface area contributed by atoms with Gasteiger partial charge in [0.2, 0.25) is 5.91 Å². The molecule has 1 atom stereocenters. The molecule has 4 rings (SSSR count). The Hall–Kier alpha value is -1.48. The number of aromatic nitrogens is 1. The van der Waals surface area contributed by atoms with Gasteiger partial charge in [-0.3, -0.25) is 4.79 Å². The van der Waals surface area contributed by atoms with Gasteiger partial charge in [-0.25, -0.2) is 0 Å². The van der Waals surface area contributed by atoms with Crippen molar-refractivity contribution in [2.45, 2.75) is 38.1 Å². The van der Waals surface area contributed by atoms with Crippen molar-refractivity contribution in [1.82, 2.24) is 10.3 Å². The van der Waals surface area contributed by atoms with Crippen LogP contribution in [0.3, 0.4) is 0 Å². The van der Waals surface area contributed by atoms with Crippen LogP contribution in [0.1, 0.15) is 30.5 Å². The van der Waals surface area contributed by atoms with E-state index < -0.39 is 0 Å². The zero-order chi connectivity index (χ0) is 13.7. The van der Waals surface area contributed by atoms with Gasteiger partial charge in [0.25, 0.3) is 0 Å². The Bertz CT molecular complexity index is 687. The van der Waals surface area contributed by atoms with Crippen LogP contribution in [0.4, 0.5) is 0 Å². The molecule has 1 saturated carbocycles. The third-order valence-corrected chi connectivity index (χ3v) is 4.68. The highest BCUT2D eigenvalue weighted by Crippen LogP contribution is 2.32. The number of halogens is 1. The average Bonchev–Trinajstić information content (AvgIpc) is 3.22. The summed E-state index contributed by atoms with van der Waals surface area (Å²) in [6, 6.07) is 6.25. The van der Waals surface area contributed by atoms with Crippen LogP contribution in [0.15, 0.2) is 18.2 Å². The number of aromatic amines is 1. The molecule has 4 heteroatoms. The number of hydrogen-bond acceptors (Lipinski definition) is 1. The molecule has 104 valence electrons. The number of carbonyl (C=O) groups is 1. The van der Waals surface area contributed by atoms with E-state index in [9.17, 15) is 4.79 Å². The van der Waals surface area contributed by atoms with Crippen molar-refractivity contribution >= 4 is 28.4 Å². The number of aryl methyl sites for hydroxylation is 1. The average molecular weight is 289 g/mol. The van der Waals surface area contributed by atoms with Crippen molar-refractivity contribution < 1.29 is 4.79 Å². The molecule has 1 fully saturated rings. The summed E-state index contributed by atoms with van der Waals surface area (Å²) in [6.45, 7) is 0. The number of hydrogen-bond donors (Lipinski definition) is 2. The SMILES string of the molecule is O=C(NC1CCc2[nH]c3ccc(Cl)cc3c2C1)C1CC1. The fraction of sp³-hybridized carbons (Fsp3) is 0.438. The summed E-state index contributed by atoms with van der Waals surface area (Å²) in [5.41, 5.74) is 3.78. The molecule has 20 heavy (non-hydrogen) atoms. The molecule has 0 spiro atoms. The summed E-state index contributed by atoms with van der Waals surface area (Å²) in [6.07, 6.45) is 5.05. The topological polar surface area (TPSA) is 44.9 Å². The smallest absolute Gasteiger partial charge is 0.223 e. The molecule has 1 aromatic heterocycles. The van der Waals surface area contributed by atoms with Crippen molar-refractivity contribution in [3.8, 4) is 0 Å². The molecule has 1 amide bonds. The highest BCUT2D eigenvalue weighted by Gasteiger charge is 2.32. The van der Waals surface area contributed by atoms with Crippen molar-refractivity contribution in [2.75, 3.05) is 0 Å². The minimum Gasteiger partial charge on any atom is -0.358 e. The van der Waals surface area contributed by atoms with Crippen LogP contribution in [-0.2, 0) is 17.6 Å². The van der Waals surface area contributed by atoms with Crippen LogP contribution in [0.2, 0.25) is 5.02 Å². The van der Waals surface area contributed by atoms with Crippen molar-refractivity contribution in [2.24, 2.45) is 5.92 Å². The van der Waals surface area contributed by atoms with E-state index in [0.717, 1.165) is 42.6 Å². The number of rotatable bonds is 2. The summed E-state index contributed by atoms with van der Waals surface area (Å²) in [5.74, 6) is 0.533. The zero-order valence-corrected chi connectivity index (χ0v) is 12.0. The van der Waals surface area contributed by atoms with Gasteiger partial charge in [0, 0.05) is 33.6 Å². The molecular formula is C16H17ClN2O. The third kappa shape index (κ3) is 2.10. The van der Waals surface area contributed by atoms with E-state index in [0.29, 0.717) is 0 Å². The Kier molecular flexibility index (Phi) is 2.77. The molecule has 0 saturated heterocycles. The van der Waals surface area contributed by atoms with E-state index in [2.05, 4.69) is 10.3 Å².